The molecule has 1 aromatic carbocycles. The lowest BCUT2D eigenvalue weighted by atomic mass is 10.3. The van der Waals surface area contributed by atoms with Crippen LogP contribution in [0.25, 0.3) is 0 Å². The maximum Gasteiger partial charge on any atom is 0.307 e. The first-order valence-electron chi connectivity index (χ1n) is 6.46. The van der Waals surface area contributed by atoms with E-state index >= 15 is 0 Å². The first kappa shape index (κ1) is 16.5. The molecule has 1 aromatic rings. The zero-order chi connectivity index (χ0) is 14.8. The molecule has 0 saturated heterocycles. The van der Waals surface area contributed by atoms with Crippen LogP contribution < -0.4 is 10.6 Å². The second-order valence-corrected chi connectivity index (χ2v) is 4.83. The van der Waals surface area contributed by atoms with Gasteiger partial charge in [-0.2, -0.15) is 0 Å². The van der Waals surface area contributed by atoms with Gasteiger partial charge in [0.15, 0.2) is 0 Å². The fraction of sp³-hybridized carbons (Fsp3) is 0.429. The van der Waals surface area contributed by atoms with Crippen LogP contribution in [0.5, 0.6) is 0 Å². The first-order chi connectivity index (χ1) is 9.67. The molecule has 1 rings (SSSR count). The minimum Gasteiger partial charge on any atom is -0.466 e. The zero-order valence-electron chi connectivity index (χ0n) is 11.8. The van der Waals surface area contributed by atoms with Gasteiger partial charge in [-0.15, -0.1) is 11.8 Å². The Morgan fingerprint density at radius 1 is 1.30 bits per heavy atom. The van der Waals surface area contributed by atoms with Gasteiger partial charge in [-0.25, -0.2) is 0 Å². The Labute approximate surface area is 123 Å². The molecule has 0 aliphatic rings. The van der Waals surface area contributed by atoms with Crippen LogP contribution in [0.2, 0.25) is 0 Å². The molecule has 20 heavy (non-hydrogen) atoms. The number of hydrogen-bond acceptors (Lipinski definition) is 5. The number of hydrogen-bond donors (Lipinski definition) is 2. The van der Waals surface area contributed by atoms with Crippen molar-refractivity contribution in [2.75, 3.05) is 31.3 Å². The van der Waals surface area contributed by atoms with Gasteiger partial charge in [0, 0.05) is 11.4 Å². The van der Waals surface area contributed by atoms with Gasteiger partial charge >= 0.3 is 5.97 Å². The number of nitrogens with one attached hydrogen (secondary N) is 2. The molecule has 1 amide bonds. The highest BCUT2D eigenvalue weighted by molar-refractivity contribution is 7.98. The Hall–Kier alpha value is -1.53. The molecule has 0 spiro atoms. The number of carbonyl (C=O) groups is 2. The highest BCUT2D eigenvalue weighted by atomic mass is 32.2. The van der Waals surface area contributed by atoms with Gasteiger partial charge < -0.3 is 15.4 Å². The summed E-state index contributed by atoms with van der Waals surface area (Å²) in [6.07, 6.45) is 2.23. The van der Waals surface area contributed by atoms with Crippen molar-refractivity contribution >= 4 is 29.3 Å². The van der Waals surface area contributed by atoms with Crippen molar-refractivity contribution in [1.82, 2.24) is 5.32 Å². The highest BCUT2D eigenvalue weighted by Gasteiger charge is 2.06. The van der Waals surface area contributed by atoms with Crippen molar-refractivity contribution in [2.24, 2.45) is 0 Å². The van der Waals surface area contributed by atoms with Crippen molar-refractivity contribution in [2.45, 2.75) is 18.2 Å². The Balaban J connectivity index is 2.28. The lowest BCUT2D eigenvalue weighted by molar-refractivity contribution is -0.143. The molecule has 0 atom stereocenters. The van der Waals surface area contributed by atoms with Crippen LogP contribution in [0.4, 0.5) is 5.69 Å². The largest absolute Gasteiger partial charge is 0.466 e. The van der Waals surface area contributed by atoms with Gasteiger partial charge in [0.2, 0.25) is 5.91 Å². The predicted molar refractivity (Wildman–Crippen MR) is 81.0 cm³/mol. The summed E-state index contributed by atoms with van der Waals surface area (Å²) >= 11 is 1.58. The van der Waals surface area contributed by atoms with Crippen molar-refractivity contribution < 1.29 is 14.3 Å². The molecule has 0 bridgehead atoms. The molecule has 0 saturated carbocycles. The number of esters is 1. The molecule has 5 nitrogen and oxygen atoms in total. The minimum atomic E-state index is -0.256. The van der Waals surface area contributed by atoms with E-state index in [4.69, 9.17) is 4.74 Å². The molecule has 2 N–H and O–H groups in total. The molecule has 0 heterocycles. The van der Waals surface area contributed by atoms with Crippen molar-refractivity contribution in [3.05, 3.63) is 24.3 Å². The Kier molecular flexibility index (Phi) is 7.75. The predicted octanol–water partition coefficient (Wildman–Crippen LogP) is 1.89. The number of rotatable bonds is 8. The van der Waals surface area contributed by atoms with Crippen LogP contribution in [-0.4, -0.2) is 37.8 Å². The molecule has 0 unspecified atom stereocenters. The van der Waals surface area contributed by atoms with Crippen molar-refractivity contribution in [3.63, 3.8) is 0 Å². The second kappa shape index (κ2) is 9.39. The molecular weight excluding hydrogens is 276 g/mol. The Morgan fingerprint density at radius 2 is 2.05 bits per heavy atom. The summed E-state index contributed by atoms with van der Waals surface area (Å²) in [4.78, 5) is 23.9. The van der Waals surface area contributed by atoms with Crippen LogP contribution in [0.3, 0.4) is 0 Å². The van der Waals surface area contributed by atoms with E-state index in [9.17, 15) is 9.59 Å². The first-order valence-corrected chi connectivity index (χ1v) is 7.69. The average molecular weight is 296 g/mol. The number of benzene rings is 1. The summed E-state index contributed by atoms with van der Waals surface area (Å²) in [7, 11) is 0. The summed E-state index contributed by atoms with van der Waals surface area (Å²) in [5.74, 6) is -0.386. The molecule has 0 radical (unpaired) electrons. The molecule has 0 aliphatic carbocycles. The van der Waals surface area contributed by atoms with Gasteiger partial charge in [0.1, 0.15) is 0 Å². The van der Waals surface area contributed by atoms with E-state index < -0.39 is 0 Å². The van der Waals surface area contributed by atoms with Crippen molar-refractivity contribution in [3.8, 4) is 0 Å². The fourth-order valence-electron chi connectivity index (χ4n) is 1.57. The van der Waals surface area contributed by atoms with E-state index in [2.05, 4.69) is 10.6 Å². The van der Waals surface area contributed by atoms with Crippen LogP contribution in [0.15, 0.2) is 29.2 Å². The number of para-hydroxylation sites is 1. The summed E-state index contributed by atoms with van der Waals surface area (Å²) in [5.41, 5.74) is 0.803. The summed E-state index contributed by atoms with van der Waals surface area (Å²) in [5, 5.41) is 5.75. The maximum atomic E-state index is 11.8. The van der Waals surface area contributed by atoms with Crippen LogP contribution in [0.1, 0.15) is 13.3 Å². The second-order valence-electron chi connectivity index (χ2n) is 3.98. The van der Waals surface area contributed by atoms with Crippen LogP contribution in [0, 0.1) is 0 Å². The third-order valence-corrected chi connectivity index (χ3v) is 3.27. The molecule has 0 aliphatic heterocycles. The zero-order valence-corrected chi connectivity index (χ0v) is 12.6. The molecule has 0 aromatic heterocycles. The number of ether oxygens (including phenoxy) is 1. The van der Waals surface area contributed by atoms with Gasteiger partial charge in [-0.05, 0) is 25.3 Å². The maximum absolute atomic E-state index is 11.8. The SMILES string of the molecule is CCOC(=O)CCNCC(=O)Nc1ccccc1SC. The Morgan fingerprint density at radius 3 is 2.75 bits per heavy atom. The summed E-state index contributed by atoms with van der Waals surface area (Å²) < 4.78 is 4.79. The van der Waals surface area contributed by atoms with Gasteiger partial charge in [-0.3, -0.25) is 9.59 Å². The van der Waals surface area contributed by atoms with E-state index in [1.165, 1.54) is 0 Å². The Bertz CT molecular complexity index is 452. The third-order valence-electron chi connectivity index (χ3n) is 2.48. The number of thioether (sulfide) groups is 1. The van der Waals surface area contributed by atoms with E-state index in [-0.39, 0.29) is 24.8 Å². The number of amides is 1. The normalized spacial score (nSPS) is 10.1. The van der Waals surface area contributed by atoms with Gasteiger partial charge in [0.25, 0.3) is 0 Å². The standard InChI is InChI=1S/C14H20N2O3S/c1-3-19-14(18)8-9-15-10-13(17)16-11-6-4-5-7-12(11)20-2/h4-7,15H,3,8-10H2,1-2H3,(H,16,17). The van der Waals surface area contributed by atoms with Gasteiger partial charge in [-0.1, -0.05) is 12.1 Å². The summed E-state index contributed by atoms with van der Waals surface area (Å²) in [6.45, 7) is 2.74. The fourth-order valence-corrected chi connectivity index (χ4v) is 2.12. The van der Waals surface area contributed by atoms with Crippen LogP contribution in [-0.2, 0) is 14.3 Å². The molecule has 110 valence electrons. The highest BCUT2D eigenvalue weighted by Crippen LogP contribution is 2.24. The van der Waals surface area contributed by atoms with E-state index in [1.807, 2.05) is 30.5 Å². The van der Waals surface area contributed by atoms with E-state index in [1.54, 1.807) is 18.7 Å². The lowest BCUT2D eigenvalue weighted by Gasteiger charge is -2.09. The van der Waals surface area contributed by atoms with Crippen LogP contribution >= 0.6 is 11.8 Å². The quantitative estimate of drug-likeness (QED) is 0.435. The molecule has 6 heteroatoms. The number of carbonyl (C=O) groups excluding carboxylic acids is 2. The molecule has 0 fully saturated rings. The lowest BCUT2D eigenvalue weighted by Crippen LogP contribution is -2.30. The topological polar surface area (TPSA) is 67.4 Å². The van der Waals surface area contributed by atoms with Gasteiger partial charge in [0.05, 0.1) is 25.3 Å². The monoisotopic (exact) mass is 296 g/mol. The summed E-state index contributed by atoms with van der Waals surface area (Å²) in [6, 6.07) is 7.62. The smallest absolute Gasteiger partial charge is 0.307 e. The van der Waals surface area contributed by atoms with E-state index in [0.717, 1.165) is 10.6 Å². The van der Waals surface area contributed by atoms with Crippen molar-refractivity contribution in [1.29, 1.82) is 0 Å². The average Bonchev–Trinajstić information content (AvgIpc) is 2.44. The number of anilines is 1. The third kappa shape index (κ3) is 6.08. The molecular formula is C14H20N2O3S. The minimum absolute atomic E-state index is 0.129. The van der Waals surface area contributed by atoms with E-state index in [0.29, 0.717) is 13.2 Å².